The molecule has 0 aliphatic carbocycles. The van der Waals surface area contributed by atoms with Gasteiger partial charge in [0.05, 0.1) is 23.5 Å². The summed E-state index contributed by atoms with van der Waals surface area (Å²) in [5.41, 5.74) is 3.71. The number of aliphatic imine (C=N–C) groups is 1. The number of hydrogen-bond acceptors (Lipinski definition) is 4. The van der Waals surface area contributed by atoms with Crippen LogP contribution in [-0.2, 0) is 4.74 Å². The molecule has 2 aromatic carbocycles. The molecule has 0 bridgehead atoms. The smallest absolute Gasteiger partial charge is 0.205 e. The molecule has 1 atom stereocenters. The second-order valence-electron chi connectivity index (χ2n) is 9.68. The zero-order chi connectivity index (χ0) is 22.2. The van der Waals surface area contributed by atoms with E-state index >= 15 is 0 Å². The molecule has 0 aromatic heterocycles. The molecule has 2 aliphatic heterocycles. The average molecular weight is 414 g/mol. The lowest BCUT2D eigenvalue weighted by molar-refractivity contribution is -0.183. The third-order valence-corrected chi connectivity index (χ3v) is 6.04. The lowest BCUT2D eigenvalue weighted by Crippen LogP contribution is -2.50. The van der Waals surface area contributed by atoms with E-state index in [-0.39, 0.29) is 17.3 Å². The predicted octanol–water partition coefficient (Wildman–Crippen LogP) is 6.31. The second-order valence-corrected chi connectivity index (χ2v) is 9.68. The Bertz CT molecular complexity index is 1100. The van der Waals surface area contributed by atoms with Gasteiger partial charge in [0.15, 0.2) is 5.69 Å². The van der Waals surface area contributed by atoms with Crippen molar-refractivity contribution in [2.75, 3.05) is 0 Å². The molecule has 1 saturated heterocycles. The van der Waals surface area contributed by atoms with Crippen LogP contribution in [0.25, 0.3) is 16.0 Å². The van der Waals surface area contributed by atoms with Crippen LogP contribution in [0.1, 0.15) is 52.5 Å². The molecule has 1 unspecified atom stereocenters. The van der Waals surface area contributed by atoms with Gasteiger partial charge in [0.2, 0.25) is 6.19 Å². The van der Waals surface area contributed by atoms with Crippen molar-refractivity contribution in [3.8, 4) is 23.1 Å². The van der Waals surface area contributed by atoms with Crippen LogP contribution in [0.2, 0.25) is 0 Å². The fourth-order valence-corrected chi connectivity index (χ4v) is 5.16. The van der Waals surface area contributed by atoms with Crippen LogP contribution in [0.4, 0.5) is 5.69 Å². The molecule has 31 heavy (non-hydrogen) atoms. The van der Waals surface area contributed by atoms with Crippen molar-refractivity contribution in [2.45, 2.75) is 64.3 Å². The first-order chi connectivity index (χ1) is 14.7. The molecule has 158 valence electrons. The number of fused-ring (bicyclic) bond motifs is 1. The molecule has 4 rings (SSSR count). The third-order valence-electron chi connectivity index (χ3n) is 6.04. The van der Waals surface area contributed by atoms with Crippen molar-refractivity contribution in [2.24, 2.45) is 10.9 Å². The first-order valence-corrected chi connectivity index (χ1v) is 10.6. The number of nitriles is 1. The van der Waals surface area contributed by atoms with Gasteiger partial charge in [-0.25, -0.2) is 4.85 Å². The standard InChI is InChI=1S/C26H27N3O2/c1-25(2)14-19(15-26(3,4)31-25)24-13-22(29-16-27)21-12-18(9-10-23(21)30-24)17-7-6-8-20(11-17)28-5/h6-12,19,24H,13-15H2,1-4H3. The topological polar surface area (TPSA) is 59.0 Å². The number of rotatable bonds is 2. The predicted molar refractivity (Wildman–Crippen MR) is 121 cm³/mol. The number of hydrogen-bond donors (Lipinski definition) is 0. The fourth-order valence-electron chi connectivity index (χ4n) is 5.16. The molecule has 0 radical (unpaired) electrons. The number of ether oxygens (including phenoxy) is 2. The highest BCUT2D eigenvalue weighted by Gasteiger charge is 2.44. The Kier molecular flexibility index (Phi) is 5.33. The van der Waals surface area contributed by atoms with E-state index < -0.39 is 0 Å². The summed E-state index contributed by atoms with van der Waals surface area (Å²) in [6, 6.07) is 13.5. The quantitative estimate of drug-likeness (QED) is 0.428. The van der Waals surface area contributed by atoms with Crippen LogP contribution in [0.3, 0.4) is 0 Å². The molecule has 5 heteroatoms. The molecular formula is C26H27N3O2. The van der Waals surface area contributed by atoms with E-state index in [1.54, 1.807) is 6.07 Å². The van der Waals surface area contributed by atoms with Gasteiger partial charge < -0.3 is 9.47 Å². The maximum atomic E-state index is 9.33. The summed E-state index contributed by atoms with van der Waals surface area (Å²) in [7, 11) is 0. The van der Waals surface area contributed by atoms with E-state index in [0.717, 1.165) is 41.0 Å². The minimum absolute atomic E-state index is 0.0432. The highest BCUT2D eigenvalue weighted by molar-refractivity contribution is 6.05. The number of nitrogens with zero attached hydrogens (tertiary/aromatic N) is 3. The van der Waals surface area contributed by atoms with Crippen molar-refractivity contribution in [3.63, 3.8) is 0 Å². The Labute approximate surface area is 184 Å². The van der Waals surface area contributed by atoms with Gasteiger partial charge in [-0.2, -0.15) is 10.3 Å². The van der Waals surface area contributed by atoms with Gasteiger partial charge in [0.1, 0.15) is 11.9 Å². The molecule has 2 aliphatic rings. The molecule has 1 fully saturated rings. The lowest BCUT2D eigenvalue weighted by atomic mass is 9.76. The highest BCUT2D eigenvalue weighted by atomic mass is 16.5. The summed E-state index contributed by atoms with van der Waals surface area (Å²) in [6.07, 6.45) is 4.34. The van der Waals surface area contributed by atoms with E-state index in [1.807, 2.05) is 42.6 Å². The van der Waals surface area contributed by atoms with Crippen LogP contribution < -0.4 is 4.74 Å². The summed E-state index contributed by atoms with van der Waals surface area (Å²) in [4.78, 5) is 7.70. The highest BCUT2D eigenvalue weighted by Crippen LogP contribution is 2.44. The summed E-state index contributed by atoms with van der Waals surface area (Å²) in [5, 5.41) is 9.33. The largest absolute Gasteiger partial charge is 0.489 e. The molecule has 2 heterocycles. The van der Waals surface area contributed by atoms with Crippen molar-refractivity contribution in [1.82, 2.24) is 0 Å². The van der Waals surface area contributed by atoms with Crippen LogP contribution in [0.15, 0.2) is 47.5 Å². The van der Waals surface area contributed by atoms with Gasteiger partial charge in [-0.1, -0.05) is 24.3 Å². The Morgan fingerprint density at radius 3 is 2.45 bits per heavy atom. The van der Waals surface area contributed by atoms with Crippen molar-refractivity contribution < 1.29 is 9.47 Å². The van der Waals surface area contributed by atoms with Crippen LogP contribution in [0, 0.1) is 23.9 Å². The monoisotopic (exact) mass is 413 g/mol. The molecule has 0 saturated carbocycles. The van der Waals surface area contributed by atoms with Gasteiger partial charge in [-0.15, -0.1) is 0 Å². The SMILES string of the molecule is [C-]#[N+]c1cccc(-c2ccc3c(c2)C(=NC#N)CC(C2CC(C)(C)OC(C)(C)C2)O3)c1. The first-order valence-electron chi connectivity index (χ1n) is 10.6. The van der Waals surface area contributed by atoms with Crippen molar-refractivity contribution in [1.29, 1.82) is 5.26 Å². The van der Waals surface area contributed by atoms with E-state index in [2.05, 4.69) is 37.5 Å². The minimum Gasteiger partial charge on any atom is -0.489 e. The fraction of sp³-hybridized carbons (Fsp3) is 0.423. The molecule has 0 amide bonds. The zero-order valence-electron chi connectivity index (χ0n) is 18.5. The maximum Gasteiger partial charge on any atom is 0.205 e. The van der Waals surface area contributed by atoms with Crippen LogP contribution in [-0.4, -0.2) is 23.0 Å². The van der Waals surface area contributed by atoms with Crippen LogP contribution >= 0.6 is 0 Å². The molecule has 2 aromatic rings. The first kappa shape index (κ1) is 21.1. The second kappa shape index (κ2) is 7.84. The normalized spacial score (nSPS) is 23.3. The van der Waals surface area contributed by atoms with Crippen molar-refractivity contribution in [3.05, 3.63) is 59.4 Å². The maximum absolute atomic E-state index is 9.33. The Balaban J connectivity index is 1.68. The van der Waals surface area contributed by atoms with Gasteiger partial charge in [-0.3, -0.25) is 0 Å². The molecule has 5 nitrogen and oxygen atoms in total. The van der Waals surface area contributed by atoms with E-state index in [9.17, 15) is 5.26 Å². The van der Waals surface area contributed by atoms with Crippen molar-refractivity contribution >= 4 is 11.4 Å². The Hall–Kier alpha value is -3.15. The summed E-state index contributed by atoms with van der Waals surface area (Å²) >= 11 is 0. The summed E-state index contributed by atoms with van der Waals surface area (Å²) in [6.45, 7) is 15.8. The van der Waals surface area contributed by atoms with Gasteiger partial charge in [0.25, 0.3) is 0 Å². The third kappa shape index (κ3) is 4.48. The van der Waals surface area contributed by atoms with Crippen LogP contribution in [0.5, 0.6) is 5.75 Å². The van der Waals surface area contributed by atoms with E-state index in [4.69, 9.17) is 16.0 Å². The molecular weight excluding hydrogens is 386 g/mol. The number of benzene rings is 2. The average Bonchev–Trinajstić information content (AvgIpc) is 2.71. The minimum atomic E-state index is -0.222. The van der Waals surface area contributed by atoms with E-state index in [1.165, 1.54) is 0 Å². The van der Waals surface area contributed by atoms with Gasteiger partial charge in [-0.05, 0) is 69.9 Å². The molecule has 0 spiro atoms. The Morgan fingerprint density at radius 1 is 1.06 bits per heavy atom. The Morgan fingerprint density at radius 2 is 1.77 bits per heavy atom. The van der Waals surface area contributed by atoms with Gasteiger partial charge in [0, 0.05) is 17.9 Å². The van der Waals surface area contributed by atoms with Gasteiger partial charge >= 0.3 is 0 Å². The summed E-state index contributed by atoms with van der Waals surface area (Å²) < 4.78 is 12.7. The molecule has 0 N–H and O–H groups in total. The zero-order valence-corrected chi connectivity index (χ0v) is 18.5. The summed E-state index contributed by atoms with van der Waals surface area (Å²) in [5.74, 6) is 1.07. The van der Waals surface area contributed by atoms with E-state index in [0.29, 0.717) is 18.0 Å². The lowest BCUT2D eigenvalue weighted by Gasteiger charge is -2.48.